The van der Waals surface area contributed by atoms with Crippen LogP contribution in [0.15, 0.2) is 29.4 Å². The minimum absolute atomic E-state index is 0.0913. The molecule has 1 fully saturated rings. The number of hydrogen-bond donors (Lipinski definition) is 1. The summed E-state index contributed by atoms with van der Waals surface area (Å²) in [5.74, 6) is 0.890. The molecule has 1 saturated heterocycles. The van der Waals surface area contributed by atoms with Gasteiger partial charge in [-0.1, -0.05) is 30.3 Å². The molecule has 4 rings (SSSR count). The zero-order valence-corrected chi connectivity index (χ0v) is 19.9. The first-order chi connectivity index (χ1) is 16.0. The van der Waals surface area contributed by atoms with Crippen molar-refractivity contribution in [2.24, 2.45) is 0 Å². The Balaban J connectivity index is 1.47. The first-order valence-corrected chi connectivity index (χ1v) is 12.5. The lowest BCUT2D eigenvalue weighted by molar-refractivity contribution is -0.131. The molecule has 3 heterocycles. The number of likely N-dealkylation sites (tertiary alicyclic amines) is 1. The quantitative estimate of drug-likeness (QED) is 0.652. The third-order valence-electron chi connectivity index (χ3n) is 6.07. The molecule has 2 aliphatic rings. The van der Waals surface area contributed by atoms with Crippen LogP contribution in [0.2, 0.25) is 0 Å². The van der Waals surface area contributed by atoms with Crippen LogP contribution in [-0.4, -0.2) is 55.7 Å². The minimum atomic E-state index is -0.254. The molecule has 0 radical (unpaired) electrons. The number of nitrogens with one attached hydrogen (secondary N) is 1. The molecule has 3 amide bonds. The van der Waals surface area contributed by atoms with Crippen LogP contribution in [0.3, 0.4) is 0 Å². The van der Waals surface area contributed by atoms with Gasteiger partial charge in [0.25, 0.3) is 0 Å². The van der Waals surface area contributed by atoms with Gasteiger partial charge in [-0.3, -0.25) is 14.4 Å². The number of amides is 3. The van der Waals surface area contributed by atoms with Gasteiger partial charge in [0.15, 0.2) is 11.0 Å². The second-order valence-corrected chi connectivity index (χ2v) is 9.38. The molecule has 1 unspecified atom stereocenters. The molecule has 9 nitrogen and oxygen atoms in total. The summed E-state index contributed by atoms with van der Waals surface area (Å²) in [5.41, 5.74) is 1.35. The van der Waals surface area contributed by atoms with Crippen molar-refractivity contribution in [3.05, 3.63) is 30.1 Å². The lowest BCUT2D eigenvalue weighted by Gasteiger charge is -2.27. The highest BCUT2D eigenvalue weighted by Crippen LogP contribution is 2.32. The van der Waals surface area contributed by atoms with Gasteiger partial charge < -0.3 is 19.7 Å². The Morgan fingerprint density at radius 2 is 2.00 bits per heavy atom. The van der Waals surface area contributed by atoms with Crippen molar-refractivity contribution >= 4 is 40.9 Å². The SMILES string of the molecule is CCn1c(CN2CCCCCC2=O)nnc1SCC(=O)N1c2ccccc2NC(=O)CC1C. The van der Waals surface area contributed by atoms with Crippen LogP contribution in [0.5, 0.6) is 0 Å². The Morgan fingerprint density at radius 1 is 1.18 bits per heavy atom. The lowest BCUT2D eigenvalue weighted by Crippen LogP contribution is -2.40. The molecular weight excluding hydrogens is 440 g/mol. The van der Waals surface area contributed by atoms with Crippen molar-refractivity contribution in [3.8, 4) is 0 Å². The van der Waals surface area contributed by atoms with Crippen molar-refractivity contribution < 1.29 is 14.4 Å². The highest BCUT2D eigenvalue weighted by Gasteiger charge is 2.30. The topological polar surface area (TPSA) is 100 Å². The summed E-state index contributed by atoms with van der Waals surface area (Å²) in [6.45, 7) is 5.73. The molecule has 0 bridgehead atoms. The van der Waals surface area contributed by atoms with Gasteiger partial charge in [0, 0.05) is 32.0 Å². The van der Waals surface area contributed by atoms with Gasteiger partial charge in [-0.05, 0) is 38.8 Å². The molecule has 2 aliphatic heterocycles. The number of aromatic nitrogens is 3. The highest BCUT2D eigenvalue weighted by atomic mass is 32.2. The van der Waals surface area contributed by atoms with Crippen molar-refractivity contribution in [2.75, 3.05) is 22.5 Å². The fraction of sp³-hybridized carbons (Fsp3) is 0.522. The number of rotatable bonds is 6. The Bertz CT molecular complexity index is 1040. The fourth-order valence-electron chi connectivity index (χ4n) is 4.40. The first kappa shape index (κ1) is 23.3. The summed E-state index contributed by atoms with van der Waals surface area (Å²) in [6, 6.07) is 7.11. The van der Waals surface area contributed by atoms with Crippen molar-refractivity contribution in [1.29, 1.82) is 0 Å². The minimum Gasteiger partial charge on any atom is -0.335 e. The van der Waals surface area contributed by atoms with Crippen molar-refractivity contribution in [2.45, 2.75) is 70.2 Å². The van der Waals surface area contributed by atoms with Crippen LogP contribution in [0, 0.1) is 0 Å². The fourth-order valence-corrected chi connectivity index (χ4v) is 5.28. The number of carbonyl (C=O) groups excluding carboxylic acids is 3. The molecule has 1 atom stereocenters. The standard InChI is InChI=1S/C23H30N6O3S/c1-3-28-19(14-27-12-8-4-5-11-21(27)31)25-26-23(28)33-15-22(32)29-16(2)13-20(30)24-17-9-6-7-10-18(17)29/h6-7,9-10,16H,3-5,8,11-15H2,1-2H3,(H,24,30). The molecule has 10 heteroatoms. The molecule has 0 saturated carbocycles. The number of fused-ring (bicyclic) bond motifs is 1. The summed E-state index contributed by atoms with van der Waals surface area (Å²) in [7, 11) is 0. The van der Waals surface area contributed by atoms with Gasteiger partial charge in [0.2, 0.25) is 17.7 Å². The second kappa shape index (κ2) is 10.4. The van der Waals surface area contributed by atoms with Crippen LogP contribution in [0.1, 0.15) is 51.8 Å². The smallest absolute Gasteiger partial charge is 0.237 e. The van der Waals surface area contributed by atoms with Crippen LogP contribution < -0.4 is 10.2 Å². The summed E-state index contributed by atoms with van der Waals surface area (Å²) in [4.78, 5) is 41.4. The molecule has 1 aromatic carbocycles. The summed E-state index contributed by atoms with van der Waals surface area (Å²) < 4.78 is 1.97. The van der Waals surface area contributed by atoms with Gasteiger partial charge in [-0.25, -0.2) is 0 Å². The van der Waals surface area contributed by atoms with E-state index in [-0.39, 0.29) is 35.9 Å². The highest BCUT2D eigenvalue weighted by molar-refractivity contribution is 7.99. The Hall–Kier alpha value is -2.88. The Labute approximate surface area is 197 Å². The zero-order valence-electron chi connectivity index (χ0n) is 19.1. The van der Waals surface area contributed by atoms with E-state index in [2.05, 4.69) is 15.5 Å². The van der Waals surface area contributed by atoms with E-state index in [1.807, 2.05) is 47.6 Å². The van der Waals surface area contributed by atoms with Gasteiger partial charge >= 0.3 is 0 Å². The number of benzene rings is 1. The normalized spacial score (nSPS) is 19.0. The van der Waals surface area contributed by atoms with E-state index in [0.29, 0.717) is 36.0 Å². The number of carbonyl (C=O) groups is 3. The second-order valence-electron chi connectivity index (χ2n) is 8.44. The van der Waals surface area contributed by atoms with E-state index in [1.54, 1.807) is 4.90 Å². The Kier molecular flexibility index (Phi) is 7.32. The average Bonchev–Trinajstić information content (AvgIpc) is 2.98. The Morgan fingerprint density at radius 3 is 2.82 bits per heavy atom. The monoisotopic (exact) mass is 470 g/mol. The van der Waals surface area contributed by atoms with E-state index < -0.39 is 0 Å². The largest absolute Gasteiger partial charge is 0.335 e. The third-order valence-corrected chi connectivity index (χ3v) is 7.02. The predicted octanol–water partition coefficient (Wildman–Crippen LogP) is 3.06. The lowest BCUT2D eigenvalue weighted by atomic mass is 10.2. The van der Waals surface area contributed by atoms with E-state index in [0.717, 1.165) is 31.6 Å². The average molecular weight is 471 g/mol. The van der Waals surface area contributed by atoms with E-state index in [4.69, 9.17) is 0 Å². The van der Waals surface area contributed by atoms with Crippen LogP contribution in [-0.2, 0) is 27.5 Å². The number of hydrogen-bond acceptors (Lipinski definition) is 6. The first-order valence-electron chi connectivity index (χ1n) is 11.5. The van der Waals surface area contributed by atoms with Gasteiger partial charge in [0.05, 0.1) is 23.7 Å². The molecule has 2 aromatic rings. The van der Waals surface area contributed by atoms with Gasteiger partial charge in [-0.2, -0.15) is 0 Å². The molecular formula is C23H30N6O3S. The maximum Gasteiger partial charge on any atom is 0.237 e. The van der Waals surface area contributed by atoms with Crippen LogP contribution in [0.25, 0.3) is 0 Å². The summed E-state index contributed by atoms with van der Waals surface area (Å²) in [5, 5.41) is 12.2. The van der Waals surface area contributed by atoms with E-state index in [9.17, 15) is 14.4 Å². The van der Waals surface area contributed by atoms with Crippen LogP contribution in [0.4, 0.5) is 11.4 Å². The van der Waals surface area contributed by atoms with Crippen molar-refractivity contribution in [3.63, 3.8) is 0 Å². The molecule has 176 valence electrons. The zero-order chi connectivity index (χ0) is 23.4. The van der Waals surface area contributed by atoms with E-state index >= 15 is 0 Å². The third kappa shape index (κ3) is 5.21. The maximum absolute atomic E-state index is 13.3. The van der Waals surface area contributed by atoms with E-state index in [1.165, 1.54) is 11.8 Å². The van der Waals surface area contributed by atoms with Crippen LogP contribution >= 0.6 is 11.8 Å². The van der Waals surface area contributed by atoms with Gasteiger partial charge in [0.1, 0.15) is 0 Å². The number of nitrogens with zero attached hydrogens (tertiary/aromatic N) is 5. The molecule has 33 heavy (non-hydrogen) atoms. The number of anilines is 2. The number of para-hydroxylation sites is 2. The maximum atomic E-state index is 13.3. The molecule has 1 N–H and O–H groups in total. The van der Waals surface area contributed by atoms with Gasteiger partial charge in [-0.15, -0.1) is 10.2 Å². The molecule has 0 aliphatic carbocycles. The molecule has 1 aromatic heterocycles. The van der Waals surface area contributed by atoms with Crippen molar-refractivity contribution in [1.82, 2.24) is 19.7 Å². The number of thioether (sulfide) groups is 1. The summed E-state index contributed by atoms with van der Waals surface area (Å²) >= 11 is 1.33. The summed E-state index contributed by atoms with van der Waals surface area (Å²) in [6.07, 6.45) is 3.85. The molecule has 0 spiro atoms. The predicted molar refractivity (Wildman–Crippen MR) is 127 cm³/mol.